The molecule has 0 radical (unpaired) electrons. The molecule has 2 aliphatic heterocycles. The second kappa shape index (κ2) is 27.5. The van der Waals surface area contributed by atoms with Crippen molar-refractivity contribution in [3.05, 3.63) is 95.1 Å². The number of hydrogen-bond acceptors (Lipinski definition) is 17. The maximum absolute atomic E-state index is 15.4. The predicted molar refractivity (Wildman–Crippen MR) is 292 cm³/mol. The van der Waals surface area contributed by atoms with Crippen LogP contribution in [0.15, 0.2) is 84.0 Å². The third-order valence-electron chi connectivity index (χ3n) is 17.4. The SMILES string of the molecule is CCCCCCCC/C=C\CCCCCCC[C@@H]1OC[C@@H](COC(=O)O[C@@H](C(=O)O[C@H]2C[C@@]3(O)[C@@H](O)[C@@H]4[C@]5(OC(C)=O)CO[C@@H]5C[C@H](O)[C@@]4(C)C(=O)[C@H](OC(C)=O)C(=C2C)C3(C)C)[C@@H](NC(=O)c2ccccc2)c2ccccc2)O1. The summed E-state index contributed by atoms with van der Waals surface area (Å²) in [6, 6.07) is 15.0. The van der Waals surface area contributed by atoms with Crippen LogP contribution in [-0.2, 0) is 57.1 Å². The maximum Gasteiger partial charge on any atom is 0.509 e. The zero-order valence-corrected chi connectivity index (χ0v) is 47.7. The van der Waals surface area contributed by atoms with Gasteiger partial charge in [-0.15, -0.1) is 0 Å². The number of ketones is 1. The Balaban J connectivity index is 1.09. The van der Waals surface area contributed by atoms with Gasteiger partial charge in [-0.1, -0.05) is 133 Å². The number of nitrogens with one attached hydrogen (secondary N) is 1. The van der Waals surface area contributed by atoms with Crippen molar-refractivity contribution in [3.63, 3.8) is 0 Å². The van der Waals surface area contributed by atoms with Gasteiger partial charge in [0.05, 0.1) is 30.8 Å². The summed E-state index contributed by atoms with van der Waals surface area (Å²) in [4.78, 5) is 84.3. The van der Waals surface area contributed by atoms with Gasteiger partial charge in [-0.3, -0.25) is 19.2 Å². The first-order valence-corrected chi connectivity index (χ1v) is 28.9. The van der Waals surface area contributed by atoms with Crippen LogP contribution < -0.4 is 5.32 Å². The molecule has 2 saturated heterocycles. The van der Waals surface area contributed by atoms with Gasteiger partial charge < -0.3 is 58.5 Å². The van der Waals surface area contributed by atoms with Crippen LogP contribution in [0.2, 0.25) is 0 Å². The van der Waals surface area contributed by atoms with E-state index in [1.165, 1.54) is 52.4 Å². The van der Waals surface area contributed by atoms with Gasteiger partial charge in [0.15, 0.2) is 23.8 Å². The molecule has 4 fully saturated rings. The molecule has 7 rings (SSSR count). The highest BCUT2D eigenvalue weighted by Crippen LogP contribution is 2.63. The number of ether oxygens (including phenoxy) is 8. The number of amides is 1. The second-order valence-corrected chi connectivity index (χ2v) is 23.2. The number of unbranched alkanes of at least 4 members (excludes halogenated alkanes) is 11. The molecule has 1 amide bonds. The summed E-state index contributed by atoms with van der Waals surface area (Å²) in [5, 5.41) is 41.0. The van der Waals surface area contributed by atoms with Crippen molar-refractivity contribution in [1.82, 2.24) is 5.32 Å². The van der Waals surface area contributed by atoms with E-state index in [1.807, 2.05) is 0 Å². The highest BCUT2D eigenvalue weighted by Gasteiger charge is 2.77. The lowest BCUT2D eigenvalue weighted by molar-refractivity contribution is -0.346. The first-order chi connectivity index (χ1) is 38.2. The third-order valence-corrected chi connectivity index (χ3v) is 17.4. The van der Waals surface area contributed by atoms with Gasteiger partial charge in [0.2, 0.25) is 6.10 Å². The minimum atomic E-state index is -2.41. The molecule has 18 nitrogen and oxygen atoms in total. The molecule has 80 heavy (non-hydrogen) atoms. The molecule has 0 spiro atoms. The van der Waals surface area contributed by atoms with Crippen molar-refractivity contribution in [2.24, 2.45) is 16.7 Å². The second-order valence-electron chi connectivity index (χ2n) is 23.2. The molecule has 18 heteroatoms. The van der Waals surface area contributed by atoms with Crippen LogP contribution in [0.4, 0.5) is 4.79 Å². The Kier molecular flexibility index (Phi) is 21.4. The van der Waals surface area contributed by atoms with Crippen LogP contribution in [0.25, 0.3) is 0 Å². The van der Waals surface area contributed by atoms with Crippen molar-refractivity contribution in [2.75, 3.05) is 19.8 Å². The van der Waals surface area contributed by atoms with Crippen LogP contribution in [0.3, 0.4) is 0 Å². The highest BCUT2D eigenvalue weighted by molar-refractivity contribution is 5.96. The molecule has 0 unspecified atom stereocenters. The zero-order valence-electron chi connectivity index (χ0n) is 47.7. The summed E-state index contributed by atoms with van der Waals surface area (Å²) in [5.41, 5.74) is -7.17. The van der Waals surface area contributed by atoms with E-state index in [2.05, 4.69) is 24.4 Å². The molecule has 2 aromatic carbocycles. The Hall–Kier alpha value is -5.50. The first kappa shape index (κ1) is 62.1. The lowest BCUT2D eigenvalue weighted by Gasteiger charge is -2.67. The third kappa shape index (κ3) is 13.7. The van der Waals surface area contributed by atoms with E-state index in [9.17, 15) is 34.5 Å². The standard InChI is InChI=1S/C62H85NO17/c1-8-9-10-11-12-13-14-15-16-17-18-19-20-21-28-33-48-73-36-44(77-48)37-74-58(71)79-52(50(42-29-24-22-25-30-42)63-56(69)43-31-26-23-27-32-43)57(70)78-45-35-62(72)55(68)53-60(7,46(66)34-47-61(53,38-75-47)80-41(4)65)54(67)51(76-40(3)64)49(39(45)2)59(62,5)6/h15-16,22-27,29-32,44-48,50-53,55,66,68,72H,8-14,17-21,28,33-38H2,1-7H3,(H,63,69)/b16-15-/t44-,45-,46-,47+,48+,50-,51+,52+,53-,55-,60+,61-,62+/m0/s1. The van der Waals surface area contributed by atoms with E-state index in [1.54, 1.807) is 74.5 Å². The number of Topliss-reactive ketones (excluding diaryl/α,β-unsaturated/α-hetero) is 1. The topological polar surface area (TPSA) is 249 Å². The fraction of sp³-hybridized carbons (Fsp3) is 0.645. The quantitative estimate of drug-likeness (QED) is 0.0297. The van der Waals surface area contributed by atoms with Gasteiger partial charge in [0.25, 0.3) is 5.91 Å². The fourth-order valence-corrected chi connectivity index (χ4v) is 12.8. The minimum absolute atomic E-state index is 0.0214. The summed E-state index contributed by atoms with van der Waals surface area (Å²) in [5.74, 6) is -5.97. The molecule has 3 aliphatic carbocycles. The molecule has 2 bridgehead atoms. The Morgan fingerprint density at radius 2 is 1.44 bits per heavy atom. The highest BCUT2D eigenvalue weighted by atomic mass is 16.8. The number of carbonyl (C=O) groups excluding carboxylic acids is 6. The maximum atomic E-state index is 15.4. The molecule has 4 N–H and O–H groups in total. The summed E-state index contributed by atoms with van der Waals surface area (Å²) in [6.45, 7) is 10.00. The van der Waals surface area contributed by atoms with E-state index < -0.39 is 125 Å². The number of carbonyl (C=O) groups is 6. The van der Waals surface area contributed by atoms with Crippen LogP contribution in [-0.4, -0.2) is 131 Å². The molecular formula is C62H85NO17. The summed E-state index contributed by atoms with van der Waals surface area (Å²) < 4.78 is 47.3. The number of hydrogen-bond donors (Lipinski definition) is 4. The van der Waals surface area contributed by atoms with Gasteiger partial charge in [0.1, 0.15) is 36.6 Å². The number of allylic oxidation sites excluding steroid dienone is 2. The molecule has 0 aromatic heterocycles. The Morgan fingerprint density at radius 3 is 2.05 bits per heavy atom. The lowest BCUT2D eigenvalue weighted by atomic mass is 9.44. The van der Waals surface area contributed by atoms with Crippen LogP contribution in [0, 0.1) is 16.7 Å². The van der Waals surface area contributed by atoms with Crippen molar-refractivity contribution in [3.8, 4) is 0 Å². The zero-order chi connectivity index (χ0) is 57.8. The predicted octanol–water partition coefficient (Wildman–Crippen LogP) is 8.81. The normalized spacial score (nSPS) is 30.4. The van der Waals surface area contributed by atoms with Gasteiger partial charge in [-0.2, -0.15) is 0 Å². The first-order valence-electron chi connectivity index (χ1n) is 28.9. The molecule has 2 aromatic rings. The van der Waals surface area contributed by atoms with Gasteiger partial charge in [-0.05, 0) is 81.2 Å². The molecule has 13 atom stereocenters. The molecule has 5 aliphatic rings. The number of esters is 3. The minimum Gasteiger partial charge on any atom is -0.455 e. The molecule has 2 heterocycles. The van der Waals surface area contributed by atoms with Gasteiger partial charge >= 0.3 is 24.1 Å². The number of aliphatic hydroxyl groups excluding tert-OH is 2. The number of rotatable bonds is 26. The molecular weight excluding hydrogens is 1030 g/mol. The van der Waals surface area contributed by atoms with Crippen molar-refractivity contribution in [2.45, 2.75) is 217 Å². The van der Waals surface area contributed by atoms with Crippen LogP contribution in [0.5, 0.6) is 0 Å². The lowest BCUT2D eigenvalue weighted by Crippen LogP contribution is -2.81. The summed E-state index contributed by atoms with van der Waals surface area (Å²) >= 11 is 0. The number of aliphatic hydroxyl groups is 3. The number of fused-ring (bicyclic) bond motifs is 5. The average Bonchev–Trinajstić information content (AvgIpc) is 3.96. The Bertz CT molecular complexity index is 2520. The van der Waals surface area contributed by atoms with Gasteiger partial charge in [0, 0.05) is 43.6 Å². The van der Waals surface area contributed by atoms with Gasteiger partial charge in [-0.25, -0.2) is 9.59 Å². The van der Waals surface area contributed by atoms with Crippen LogP contribution in [0.1, 0.15) is 173 Å². The average molecular weight is 1120 g/mol. The van der Waals surface area contributed by atoms with E-state index in [0.29, 0.717) is 12.0 Å². The van der Waals surface area contributed by atoms with E-state index in [-0.39, 0.29) is 43.0 Å². The Labute approximate surface area is 470 Å². The van der Waals surface area contributed by atoms with Crippen molar-refractivity contribution < 1.29 is 82.0 Å². The monoisotopic (exact) mass is 1120 g/mol. The van der Waals surface area contributed by atoms with E-state index in [4.69, 9.17) is 37.9 Å². The number of benzene rings is 2. The van der Waals surface area contributed by atoms with Crippen molar-refractivity contribution >= 4 is 35.8 Å². The smallest absolute Gasteiger partial charge is 0.455 e. The largest absolute Gasteiger partial charge is 0.509 e. The van der Waals surface area contributed by atoms with E-state index >= 15 is 9.59 Å². The summed E-state index contributed by atoms with van der Waals surface area (Å²) in [7, 11) is 0. The van der Waals surface area contributed by atoms with E-state index in [0.717, 1.165) is 58.8 Å². The van der Waals surface area contributed by atoms with Crippen molar-refractivity contribution in [1.29, 1.82) is 0 Å². The molecule has 440 valence electrons. The molecule has 2 saturated carbocycles. The fourth-order valence-electron chi connectivity index (χ4n) is 12.8. The summed E-state index contributed by atoms with van der Waals surface area (Å²) in [6.07, 6.45) is 7.52. The van der Waals surface area contributed by atoms with Crippen LogP contribution >= 0.6 is 0 Å². The Morgan fingerprint density at radius 1 is 0.812 bits per heavy atom.